The fraction of sp³-hybridized carbons (Fsp3) is 0.261. The first kappa shape index (κ1) is 21.4. The number of imide groups is 1. The highest BCUT2D eigenvalue weighted by atomic mass is 16.6. The lowest BCUT2D eigenvalue weighted by Crippen LogP contribution is -2.37. The third-order valence-corrected chi connectivity index (χ3v) is 5.44. The van der Waals surface area contributed by atoms with Crippen molar-refractivity contribution >= 4 is 34.5 Å². The maximum absolute atomic E-state index is 12.5. The summed E-state index contributed by atoms with van der Waals surface area (Å²) in [5, 5.41) is 5.00. The number of rotatable bonds is 4. The molecule has 11 heteroatoms. The van der Waals surface area contributed by atoms with Crippen molar-refractivity contribution < 1.29 is 28.6 Å². The van der Waals surface area contributed by atoms with Gasteiger partial charge in [-0.1, -0.05) is 0 Å². The Kier molecular flexibility index (Phi) is 5.58. The monoisotopic (exact) mass is 464 g/mol. The summed E-state index contributed by atoms with van der Waals surface area (Å²) in [6.07, 6.45) is 1.55. The third kappa shape index (κ3) is 4.27. The standard InChI is InChI=1S/C23H20N4O7/c28-20(26-23(31)24-14-4-6-17-18(11-14)33-9-8-32-17)12-34-22(30)13-3-5-15-16(10-13)25-19-2-1-7-27(19)21(15)29/h3-6,10-11H,1-2,7-9,12H2,(H2,24,26,28,31). The number of hydrogen-bond acceptors (Lipinski definition) is 8. The van der Waals surface area contributed by atoms with Gasteiger partial charge < -0.3 is 19.5 Å². The molecule has 0 spiro atoms. The Morgan fingerprint density at radius 1 is 1.06 bits per heavy atom. The van der Waals surface area contributed by atoms with Crippen LogP contribution in [0.4, 0.5) is 10.5 Å². The lowest BCUT2D eigenvalue weighted by molar-refractivity contribution is -0.123. The highest BCUT2D eigenvalue weighted by Crippen LogP contribution is 2.32. The minimum atomic E-state index is -0.807. The van der Waals surface area contributed by atoms with Crippen LogP contribution in [0.5, 0.6) is 11.5 Å². The molecule has 0 bridgehead atoms. The lowest BCUT2D eigenvalue weighted by Gasteiger charge is -2.19. The van der Waals surface area contributed by atoms with Gasteiger partial charge in [0, 0.05) is 24.7 Å². The summed E-state index contributed by atoms with van der Waals surface area (Å²) in [5.41, 5.74) is 0.810. The van der Waals surface area contributed by atoms with Gasteiger partial charge in [0.2, 0.25) is 0 Å². The van der Waals surface area contributed by atoms with Crippen LogP contribution in [0.25, 0.3) is 10.9 Å². The van der Waals surface area contributed by atoms with Crippen molar-refractivity contribution in [2.24, 2.45) is 0 Å². The van der Waals surface area contributed by atoms with Gasteiger partial charge in [-0.3, -0.25) is 19.5 Å². The van der Waals surface area contributed by atoms with Crippen LogP contribution in [0.3, 0.4) is 0 Å². The van der Waals surface area contributed by atoms with Crippen LogP contribution in [0, 0.1) is 0 Å². The molecule has 34 heavy (non-hydrogen) atoms. The number of nitrogens with zero attached hydrogens (tertiary/aromatic N) is 2. The van der Waals surface area contributed by atoms with Crippen LogP contribution in [0.1, 0.15) is 22.6 Å². The van der Waals surface area contributed by atoms with Gasteiger partial charge in [-0.2, -0.15) is 0 Å². The average Bonchev–Trinajstić information content (AvgIpc) is 3.31. The summed E-state index contributed by atoms with van der Waals surface area (Å²) in [7, 11) is 0. The van der Waals surface area contributed by atoms with Gasteiger partial charge in [0.05, 0.1) is 16.5 Å². The molecule has 0 saturated heterocycles. The van der Waals surface area contributed by atoms with Gasteiger partial charge >= 0.3 is 12.0 Å². The molecule has 2 aliphatic rings. The van der Waals surface area contributed by atoms with Crippen LogP contribution in [0.15, 0.2) is 41.2 Å². The Morgan fingerprint density at radius 2 is 1.88 bits per heavy atom. The van der Waals surface area contributed by atoms with E-state index in [4.69, 9.17) is 14.2 Å². The number of aryl methyl sites for hydroxylation is 1. The number of carbonyl (C=O) groups excluding carboxylic acids is 3. The highest BCUT2D eigenvalue weighted by molar-refractivity contribution is 6.02. The smallest absolute Gasteiger partial charge is 0.338 e. The van der Waals surface area contributed by atoms with Crippen molar-refractivity contribution in [3.8, 4) is 11.5 Å². The number of ether oxygens (including phenoxy) is 3. The number of hydrogen-bond donors (Lipinski definition) is 2. The van der Waals surface area contributed by atoms with Crippen molar-refractivity contribution in [2.45, 2.75) is 19.4 Å². The summed E-state index contributed by atoms with van der Waals surface area (Å²) in [4.78, 5) is 53.5. The zero-order valence-corrected chi connectivity index (χ0v) is 18.0. The number of carbonyl (C=O) groups is 3. The molecule has 0 aliphatic carbocycles. The second kappa shape index (κ2) is 8.85. The molecule has 3 heterocycles. The molecule has 0 unspecified atom stereocenters. The molecule has 0 atom stereocenters. The molecule has 11 nitrogen and oxygen atoms in total. The minimum absolute atomic E-state index is 0.138. The Morgan fingerprint density at radius 3 is 2.74 bits per heavy atom. The van der Waals surface area contributed by atoms with Gasteiger partial charge in [0.15, 0.2) is 18.1 Å². The molecule has 3 amide bonds. The SMILES string of the molecule is O=C(COC(=O)c1ccc2c(=O)n3c(nc2c1)CCC3)NC(=O)Nc1ccc2c(c1)OCCO2. The van der Waals surface area contributed by atoms with Crippen molar-refractivity contribution in [3.63, 3.8) is 0 Å². The molecule has 0 radical (unpaired) electrons. The summed E-state index contributed by atoms with van der Waals surface area (Å²) in [6, 6.07) is 8.47. The van der Waals surface area contributed by atoms with Crippen LogP contribution in [-0.2, 0) is 22.5 Å². The van der Waals surface area contributed by atoms with Gasteiger partial charge in [-0.25, -0.2) is 14.6 Å². The first-order valence-corrected chi connectivity index (χ1v) is 10.7. The maximum Gasteiger partial charge on any atom is 0.338 e. The molecule has 174 valence electrons. The highest BCUT2D eigenvalue weighted by Gasteiger charge is 2.19. The predicted molar refractivity (Wildman–Crippen MR) is 119 cm³/mol. The van der Waals surface area contributed by atoms with Crippen molar-refractivity contribution in [2.75, 3.05) is 25.1 Å². The summed E-state index contributed by atoms with van der Waals surface area (Å²) >= 11 is 0. The van der Waals surface area contributed by atoms with E-state index < -0.39 is 24.5 Å². The molecule has 3 aromatic rings. The molecule has 2 aliphatic heterocycles. The first-order chi connectivity index (χ1) is 16.5. The predicted octanol–water partition coefficient (Wildman–Crippen LogP) is 1.62. The molecule has 5 rings (SSSR count). The van der Waals surface area contributed by atoms with Crippen LogP contribution < -0.4 is 25.7 Å². The second-order valence-electron chi connectivity index (χ2n) is 7.76. The Labute approximate surface area is 192 Å². The quantitative estimate of drug-likeness (QED) is 0.556. The van der Waals surface area contributed by atoms with E-state index in [-0.39, 0.29) is 11.1 Å². The Hall–Kier alpha value is -4.41. The zero-order chi connectivity index (χ0) is 23.7. The Bertz CT molecular complexity index is 1380. The number of aromatic nitrogens is 2. The minimum Gasteiger partial charge on any atom is -0.486 e. The Balaban J connectivity index is 1.17. The summed E-state index contributed by atoms with van der Waals surface area (Å²) in [6.45, 7) is 0.826. The normalized spacial score (nSPS) is 13.8. The van der Waals surface area contributed by atoms with Gasteiger partial charge in [-0.15, -0.1) is 0 Å². The number of urea groups is 1. The topological polar surface area (TPSA) is 138 Å². The number of nitrogens with one attached hydrogen (secondary N) is 2. The number of esters is 1. The number of amides is 3. The molecule has 0 fully saturated rings. The van der Waals surface area contributed by atoms with Crippen molar-refractivity contribution in [1.82, 2.24) is 14.9 Å². The number of fused-ring (bicyclic) bond motifs is 3. The van der Waals surface area contributed by atoms with E-state index in [1.807, 2.05) is 0 Å². The lowest BCUT2D eigenvalue weighted by atomic mass is 10.1. The zero-order valence-electron chi connectivity index (χ0n) is 18.0. The molecule has 2 N–H and O–H groups in total. The van der Waals surface area contributed by atoms with Crippen LogP contribution in [0.2, 0.25) is 0 Å². The fourth-order valence-electron chi connectivity index (χ4n) is 3.87. The van der Waals surface area contributed by atoms with E-state index in [1.54, 1.807) is 22.8 Å². The average molecular weight is 464 g/mol. The van der Waals surface area contributed by atoms with Crippen molar-refractivity contribution in [3.05, 3.63) is 58.1 Å². The van der Waals surface area contributed by atoms with E-state index in [9.17, 15) is 19.2 Å². The molecule has 2 aromatic carbocycles. The van der Waals surface area contributed by atoms with Crippen molar-refractivity contribution in [1.29, 1.82) is 0 Å². The van der Waals surface area contributed by atoms with Gasteiger partial charge in [0.25, 0.3) is 11.5 Å². The second-order valence-corrected chi connectivity index (χ2v) is 7.76. The van der Waals surface area contributed by atoms with Crippen LogP contribution >= 0.6 is 0 Å². The van der Waals surface area contributed by atoms with E-state index in [1.165, 1.54) is 18.2 Å². The van der Waals surface area contributed by atoms with E-state index in [0.717, 1.165) is 6.42 Å². The maximum atomic E-state index is 12.5. The fourth-order valence-corrected chi connectivity index (χ4v) is 3.87. The third-order valence-electron chi connectivity index (χ3n) is 5.44. The molecular weight excluding hydrogens is 444 g/mol. The number of benzene rings is 2. The first-order valence-electron chi connectivity index (χ1n) is 10.7. The van der Waals surface area contributed by atoms with E-state index >= 15 is 0 Å². The summed E-state index contributed by atoms with van der Waals surface area (Å²) in [5.74, 6) is 0.164. The van der Waals surface area contributed by atoms with Gasteiger partial charge in [-0.05, 0) is 36.8 Å². The summed E-state index contributed by atoms with van der Waals surface area (Å²) < 4.78 is 17.5. The van der Waals surface area contributed by atoms with Gasteiger partial charge in [0.1, 0.15) is 19.0 Å². The number of anilines is 1. The van der Waals surface area contributed by atoms with Crippen LogP contribution in [-0.4, -0.2) is 47.3 Å². The molecule has 1 aromatic heterocycles. The van der Waals surface area contributed by atoms with E-state index in [0.29, 0.717) is 60.1 Å². The largest absolute Gasteiger partial charge is 0.486 e. The molecular formula is C23H20N4O7. The van der Waals surface area contributed by atoms with E-state index in [2.05, 4.69) is 15.6 Å². The molecule has 0 saturated carbocycles.